The van der Waals surface area contributed by atoms with Gasteiger partial charge in [0.05, 0.1) is 18.1 Å². The monoisotopic (exact) mass is 336 g/mol. The maximum atomic E-state index is 11.6. The van der Waals surface area contributed by atoms with E-state index in [1.54, 1.807) is 6.20 Å². The summed E-state index contributed by atoms with van der Waals surface area (Å²) in [6, 6.07) is 0. The summed E-state index contributed by atoms with van der Waals surface area (Å²) in [5.41, 5.74) is 1.62. The number of halogens is 1. The van der Waals surface area contributed by atoms with Crippen molar-refractivity contribution in [3.05, 3.63) is 39.5 Å². The molecule has 0 aliphatic carbocycles. The first-order valence-corrected chi connectivity index (χ1v) is 8.27. The van der Waals surface area contributed by atoms with Crippen molar-refractivity contribution in [3.63, 3.8) is 0 Å². The van der Waals surface area contributed by atoms with Gasteiger partial charge in [-0.1, -0.05) is 11.6 Å². The standard InChI is InChI=1S/C15H21ClN6O/c1-2-22-11-12(8-18-22)10-20-4-3-5-21(7-6-20)13-9-17-19-15(23)14(13)16/h8-9,11H,2-7,10H2,1H3,(H,19,23). The van der Waals surface area contributed by atoms with Gasteiger partial charge in [0.15, 0.2) is 0 Å². The van der Waals surface area contributed by atoms with Gasteiger partial charge >= 0.3 is 0 Å². The third kappa shape index (κ3) is 3.73. The zero-order valence-corrected chi connectivity index (χ0v) is 14.0. The van der Waals surface area contributed by atoms with Crippen LogP contribution in [0.4, 0.5) is 5.69 Å². The lowest BCUT2D eigenvalue weighted by Crippen LogP contribution is -2.31. The van der Waals surface area contributed by atoms with Crippen LogP contribution in [-0.4, -0.2) is 51.1 Å². The minimum absolute atomic E-state index is 0.220. The fraction of sp³-hybridized carbons (Fsp3) is 0.533. The van der Waals surface area contributed by atoms with E-state index in [4.69, 9.17) is 11.6 Å². The van der Waals surface area contributed by atoms with Crippen molar-refractivity contribution in [2.45, 2.75) is 26.4 Å². The van der Waals surface area contributed by atoms with Crippen LogP contribution in [-0.2, 0) is 13.1 Å². The molecule has 8 heteroatoms. The molecule has 3 heterocycles. The predicted molar refractivity (Wildman–Crippen MR) is 89.9 cm³/mol. The maximum absolute atomic E-state index is 11.6. The molecule has 1 fully saturated rings. The van der Waals surface area contributed by atoms with Gasteiger partial charge in [0.2, 0.25) is 0 Å². The molecule has 0 aromatic carbocycles. The molecule has 0 saturated carbocycles. The van der Waals surface area contributed by atoms with Crippen molar-refractivity contribution in [1.29, 1.82) is 0 Å². The van der Waals surface area contributed by atoms with E-state index >= 15 is 0 Å². The second-order valence-corrected chi connectivity index (χ2v) is 6.10. The first kappa shape index (κ1) is 16.0. The third-order valence-corrected chi connectivity index (χ3v) is 4.49. The molecule has 0 radical (unpaired) electrons. The third-order valence-electron chi connectivity index (χ3n) is 4.12. The SMILES string of the molecule is CCn1cc(CN2CCCN(c3cn[nH]c(=O)c3Cl)CC2)cn1. The van der Waals surface area contributed by atoms with E-state index in [1.165, 1.54) is 5.56 Å². The van der Waals surface area contributed by atoms with E-state index in [1.807, 2.05) is 10.9 Å². The molecule has 0 atom stereocenters. The Balaban J connectivity index is 1.65. The van der Waals surface area contributed by atoms with Gasteiger partial charge in [0.1, 0.15) is 5.02 Å². The van der Waals surface area contributed by atoms with Crippen LogP contribution in [0.2, 0.25) is 5.02 Å². The molecule has 0 bridgehead atoms. The summed E-state index contributed by atoms with van der Waals surface area (Å²) in [6.45, 7) is 7.50. The summed E-state index contributed by atoms with van der Waals surface area (Å²) >= 11 is 6.11. The summed E-state index contributed by atoms with van der Waals surface area (Å²) in [6.07, 6.45) is 6.68. The Bertz CT molecular complexity index is 712. The highest BCUT2D eigenvalue weighted by atomic mass is 35.5. The Hall–Kier alpha value is -1.86. The number of anilines is 1. The maximum Gasteiger partial charge on any atom is 0.285 e. The van der Waals surface area contributed by atoms with Crippen LogP contribution < -0.4 is 10.5 Å². The van der Waals surface area contributed by atoms with Crippen LogP contribution >= 0.6 is 11.6 Å². The average molecular weight is 337 g/mol. The van der Waals surface area contributed by atoms with Gasteiger partial charge in [-0.3, -0.25) is 14.4 Å². The van der Waals surface area contributed by atoms with Gasteiger partial charge < -0.3 is 4.90 Å². The summed E-state index contributed by atoms with van der Waals surface area (Å²) in [7, 11) is 0. The molecule has 124 valence electrons. The Morgan fingerprint density at radius 2 is 2.13 bits per heavy atom. The number of hydrogen-bond acceptors (Lipinski definition) is 5. The highest BCUT2D eigenvalue weighted by Gasteiger charge is 2.19. The zero-order valence-electron chi connectivity index (χ0n) is 13.2. The molecule has 2 aromatic rings. The smallest absolute Gasteiger partial charge is 0.285 e. The van der Waals surface area contributed by atoms with E-state index in [2.05, 4.69) is 38.2 Å². The molecular formula is C15H21ClN6O. The summed E-state index contributed by atoms with van der Waals surface area (Å²) in [5, 5.41) is 10.8. The number of hydrogen-bond donors (Lipinski definition) is 1. The average Bonchev–Trinajstić information content (AvgIpc) is 2.88. The fourth-order valence-corrected chi connectivity index (χ4v) is 3.09. The lowest BCUT2D eigenvalue weighted by Gasteiger charge is -2.23. The lowest BCUT2D eigenvalue weighted by atomic mass is 10.3. The Labute approximate surface area is 139 Å². The number of nitrogens with zero attached hydrogens (tertiary/aromatic N) is 5. The second kappa shape index (κ2) is 7.14. The number of nitrogens with one attached hydrogen (secondary N) is 1. The first-order chi connectivity index (χ1) is 11.2. The van der Waals surface area contributed by atoms with Crippen LogP contribution in [0.5, 0.6) is 0 Å². The van der Waals surface area contributed by atoms with Gasteiger partial charge in [-0.2, -0.15) is 10.2 Å². The van der Waals surface area contributed by atoms with Crippen molar-refractivity contribution >= 4 is 17.3 Å². The molecule has 0 amide bonds. The molecule has 0 unspecified atom stereocenters. The van der Waals surface area contributed by atoms with E-state index < -0.39 is 0 Å². The number of H-pyrrole nitrogens is 1. The molecule has 1 saturated heterocycles. The molecule has 1 aliphatic rings. The Kier molecular flexibility index (Phi) is 4.97. The molecule has 7 nitrogen and oxygen atoms in total. The molecule has 23 heavy (non-hydrogen) atoms. The van der Waals surface area contributed by atoms with Crippen LogP contribution in [0.15, 0.2) is 23.4 Å². The number of rotatable bonds is 4. The second-order valence-electron chi connectivity index (χ2n) is 5.72. The number of aromatic nitrogens is 4. The van der Waals surface area contributed by atoms with Gasteiger partial charge in [-0.15, -0.1) is 0 Å². The van der Waals surface area contributed by atoms with Crippen molar-refractivity contribution in [2.75, 3.05) is 31.1 Å². The summed E-state index contributed by atoms with van der Waals surface area (Å²) < 4.78 is 1.95. The van der Waals surface area contributed by atoms with Crippen molar-refractivity contribution in [1.82, 2.24) is 24.9 Å². The first-order valence-electron chi connectivity index (χ1n) is 7.89. The highest BCUT2D eigenvalue weighted by Crippen LogP contribution is 2.22. The molecule has 0 spiro atoms. The van der Waals surface area contributed by atoms with E-state index in [-0.39, 0.29) is 10.6 Å². The quantitative estimate of drug-likeness (QED) is 0.912. The number of aromatic amines is 1. The van der Waals surface area contributed by atoms with Crippen molar-refractivity contribution in [3.8, 4) is 0 Å². The molecule has 1 aliphatic heterocycles. The van der Waals surface area contributed by atoms with E-state index in [0.29, 0.717) is 0 Å². The van der Waals surface area contributed by atoms with E-state index in [0.717, 1.165) is 51.4 Å². The normalized spacial score (nSPS) is 16.5. The molecule has 2 aromatic heterocycles. The van der Waals surface area contributed by atoms with E-state index in [9.17, 15) is 4.79 Å². The van der Waals surface area contributed by atoms with Crippen LogP contribution in [0.1, 0.15) is 18.9 Å². The topological polar surface area (TPSA) is 70.1 Å². The Morgan fingerprint density at radius 1 is 1.26 bits per heavy atom. The van der Waals surface area contributed by atoms with Gasteiger partial charge in [-0.25, -0.2) is 5.10 Å². The van der Waals surface area contributed by atoms with Gasteiger partial charge in [-0.05, 0) is 13.3 Å². The van der Waals surface area contributed by atoms with Gasteiger partial charge in [0.25, 0.3) is 5.56 Å². The van der Waals surface area contributed by atoms with Gasteiger partial charge in [0, 0.05) is 51.0 Å². The predicted octanol–water partition coefficient (Wildman–Crippen LogP) is 1.35. The van der Waals surface area contributed by atoms with Crippen LogP contribution in [0, 0.1) is 0 Å². The van der Waals surface area contributed by atoms with Crippen LogP contribution in [0.3, 0.4) is 0 Å². The molecule has 3 rings (SSSR count). The molecular weight excluding hydrogens is 316 g/mol. The van der Waals surface area contributed by atoms with Crippen molar-refractivity contribution < 1.29 is 0 Å². The lowest BCUT2D eigenvalue weighted by molar-refractivity contribution is 0.285. The zero-order chi connectivity index (χ0) is 16.2. The molecule has 1 N–H and O–H groups in total. The Morgan fingerprint density at radius 3 is 2.91 bits per heavy atom. The van der Waals surface area contributed by atoms with Crippen molar-refractivity contribution in [2.24, 2.45) is 0 Å². The van der Waals surface area contributed by atoms with Crippen LogP contribution in [0.25, 0.3) is 0 Å². The summed E-state index contributed by atoms with van der Waals surface area (Å²) in [5.74, 6) is 0. The minimum atomic E-state index is -0.336. The highest BCUT2D eigenvalue weighted by molar-refractivity contribution is 6.32. The number of aryl methyl sites for hydroxylation is 1. The minimum Gasteiger partial charge on any atom is -0.368 e. The fourth-order valence-electron chi connectivity index (χ4n) is 2.88. The summed E-state index contributed by atoms with van der Waals surface area (Å²) in [4.78, 5) is 16.2. The largest absolute Gasteiger partial charge is 0.368 e.